The Kier molecular flexibility index (Phi) is 4.22. The number of benzene rings is 1. The number of aromatic nitrogens is 2. The maximum absolute atomic E-state index is 5.70. The third kappa shape index (κ3) is 3.15. The Balaban J connectivity index is 1.28. The van der Waals surface area contributed by atoms with Gasteiger partial charge in [-0.1, -0.05) is 6.07 Å². The molecular weight excluding hydrogens is 328 g/mol. The second-order valence-corrected chi connectivity index (χ2v) is 7.29. The van der Waals surface area contributed by atoms with Crippen LogP contribution in [0.1, 0.15) is 41.5 Å². The quantitative estimate of drug-likeness (QED) is 0.914. The monoisotopic (exact) mass is 352 g/mol. The lowest BCUT2D eigenvalue weighted by molar-refractivity contribution is 0.171. The maximum Gasteiger partial charge on any atom is 0.161 e. The van der Waals surface area contributed by atoms with Crippen molar-refractivity contribution >= 4 is 0 Å². The first-order valence-corrected chi connectivity index (χ1v) is 9.54. The van der Waals surface area contributed by atoms with Crippen LogP contribution in [0.2, 0.25) is 0 Å². The zero-order chi connectivity index (χ0) is 17.3. The minimum absolute atomic E-state index is 0.344. The molecule has 0 amide bonds. The van der Waals surface area contributed by atoms with E-state index >= 15 is 0 Å². The average molecular weight is 352 g/mol. The van der Waals surface area contributed by atoms with Crippen LogP contribution in [0.5, 0.6) is 11.5 Å². The molecule has 1 aromatic heterocycles. The Hall–Kier alpha value is -2.18. The minimum atomic E-state index is 0.344. The number of rotatable bonds is 3. The lowest BCUT2D eigenvalue weighted by Gasteiger charge is -2.29. The fraction of sp³-hybridized carbons (Fsp3) is 0.500. The van der Waals surface area contributed by atoms with Gasteiger partial charge in [-0.05, 0) is 37.1 Å². The molecular formula is C20H24N4O2. The summed E-state index contributed by atoms with van der Waals surface area (Å²) in [6, 6.07) is 6.60. The zero-order valence-electron chi connectivity index (χ0n) is 14.9. The molecule has 0 unspecified atom stereocenters. The summed E-state index contributed by atoms with van der Waals surface area (Å²) in [5.41, 5.74) is 3.74. The summed E-state index contributed by atoms with van der Waals surface area (Å²) in [6.07, 6.45) is 5.39. The lowest BCUT2D eigenvalue weighted by Crippen LogP contribution is -2.31. The van der Waals surface area contributed by atoms with E-state index in [4.69, 9.17) is 14.5 Å². The number of nitrogens with one attached hydrogen (secondary N) is 1. The van der Waals surface area contributed by atoms with E-state index in [2.05, 4.69) is 27.3 Å². The van der Waals surface area contributed by atoms with Gasteiger partial charge in [0.25, 0.3) is 0 Å². The number of nitrogens with zero attached hydrogens (tertiary/aromatic N) is 3. The molecule has 3 aliphatic heterocycles. The highest BCUT2D eigenvalue weighted by Crippen LogP contribution is 2.31. The molecule has 1 aromatic carbocycles. The molecule has 6 nitrogen and oxygen atoms in total. The SMILES string of the molecule is c1cc2c(cc1CN1CCc3nc([C@@H]4CCCN4)ncc3C1)OCCO2. The van der Waals surface area contributed by atoms with Crippen molar-refractivity contribution in [2.75, 3.05) is 26.3 Å². The van der Waals surface area contributed by atoms with E-state index in [9.17, 15) is 0 Å². The molecule has 1 fully saturated rings. The van der Waals surface area contributed by atoms with Crippen molar-refractivity contribution in [1.82, 2.24) is 20.2 Å². The molecule has 136 valence electrons. The van der Waals surface area contributed by atoms with Crippen LogP contribution in [0, 0.1) is 0 Å². The van der Waals surface area contributed by atoms with Crippen molar-refractivity contribution in [3.63, 3.8) is 0 Å². The maximum atomic E-state index is 5.70. The third-order valence-corrected chi connectivity index (χ3v) is 5.42. The van der Waals surface area contributed by atoms with Crippen molar-refractivity contribution in [3.05, 3.63) is 47.0 Å². The van der Waals surface area contributed by atoms with Gasteiger partial charge in [0.05, 0.1) is 6.04 Å². The fourth-order valence-electron chi connectivity index (χ4n) is 4.04. The highest BCUT2D eigenvalue weighted by atomic mass is 16.6. The van der Waals surface area contributed by atoms with Gasteiger partial charge >= 0.3 is 0 Å². The summed E-state index contributed by atoms with van der Waals surface area (Å²) in [5, 5.41) is 3.49. The Morgan fingerprint density at radius 3 is 3.00 bits per heavy atom. The van der Waals surface area contributed by atoms with Crippen LogP contribution in [-0.4, -0.2) is 41.2 Å². The van der Waals surface area contributed by atoms with E-state index in [-0.39, 0.29) is 0 Å². The minimum Gasteiger partial charge on any atom is -0.486 e. The Morgan fingerprint density at radius 1 is 1.19 bits per heavy atom. The molecule has 0 saturated carbocycles. The van der Waals surface area contributed by atoms with E-state index in [0.717, 1.165) is 56.3 Å². The van der Waals surface area contributed by atoms with Crippen LogP contribution in [0.4, 0.5) is 0 Å². The second kappa shape index (κ2) is 6.85. The molecule has 0 spiro atoms. The third-order valence-electron chi connectivity index (χ3n) is 5.42. The van der Waals surface area contributed by atoms with Crippen molar-refractivity contribution in [2.24, 2.45) is 0 Å². The smallest absolute Gasteiger partial charge is 0.161 e. The van der Waals surface area contributed by atoms with Gasteiger partial charge in [-0.2, -0.15) is 0 Å². The molecule has 1 atom stereocenters. The number of fused-ring (bicyclic) bond motifs is 2. The van der Waals surface area contributed by atoms with Gasteiger partial charge in [0.15, 0.2) is 11.5 Å². The summed E-state index contributed by atoms with van der Waals surface area (Å²) in [4.78, 5) is 11.9. The van der Waals surface area contributed by atoms with E-state index in [1.54, 1.807) is 0 Å². The molecule has 1 N–H and O–H groups in total. The molecule has 1 saturated heterocycles. The number of hydrogen-bond acceptors (Lipinski definition) is 6. The molecule has 3 aliphatic rings. The first-order valence-electron chi connectivity index (χ1n) is 9.54. The van der Waals surface area contributed by atoms with Gasteiger partial charge in [0.2, 0.25) is 0 Å². The van der Waals surface area contributed by atoms with E-state index in [0.29, 0.717) is 19.3 Å². The predicted octanol–water partition coefficient (Wildman–Crippen LogP) is 2.23. The lowest BCUT2D eigenvalue weighted by atomic mass is 10.1. The zero-order valence-corrected chi connectivity index (χ0v) is 14.9. The summed E-state index contributed by atoms with van der Waals surface area (Å²) in [6.45, 7) is 5.17. The Labute approximate surface area is 153 Å². The topological polar surface area (TPSA) is 59.5 Å². The van der Waals surface area contributed by atoms with Crippen LogP contribution in [0.15, 0.2) is 24.4 Å². The van der Waals surface area contributed by atoms with Gasteiger partial charge in [-0.15, -0.1) is 0 Å². The van der Waals surface area contributed by atoms with Crippen LogP contribution in [-0.2, 0) is 19.5 Å². The van der Waals surface area contributed by atoms with Gasteiger partial charge < -0.3 is 14.8 Å². The van der Waals surface area contributed by atoms with Crippen LogP contribution < -0.4 is 14.8 Å². The highest BCUT2D eigenvalue weighted by molar-refractivity contribution is 5.43. The first-order chi connectivity index (χ1) is 12.8. The Bertz CT molecular complexity index is 804. The second-order valence-electron chi connectivity index (χ2n) is 7.29. The first kappa shape index (κ1) is 16.0. The largest absolute Gasteiger partial charge is 0.486 e. The summed E-state index contributed by atoms with van der Waals surface area (Å²) >= 11 is 0. The van der Waals surface area contributed by atoms with E-state index < -0.39 is 0 Å². The fourth-order valence-corrected chi connectivity index (χ4v) is 4.04. The number of ether oxygens (including phenoxy) is 2. The van der Waals surface area contributed by atoms with Crippen LogP contribution >= 0.6 is 0 Å². The number of hydrogen-bond donors (Lipinski definition) is 1. The molecule has 26 heavy (non-hydrogen) atoms. The summed E-state index contributed by atoms with van der Waals surface area (Å²) < 4.78 is 11.3. The average Bonchev–Trinajstić information content (AvgIpc) is 3.22. The van der Waals surface area contributed by atoms with E-state index in [1.165, 1.54) is 23.2 Å². The predicted molar refractivity (Wildman–Crippen MR) is 97.3 cm³/mol. The van der Waals surface area contributed by atoms with Crippen molar-refractivity contribution in [2.45, 2.75) is 38.4 Å². The van der Waals surface area contributed by atoms with Gasteiger partial charge in [0.1, 0.15) is 19.0 Å². The molecule has 2 aromatic rings. The van der Waals surface area contributed by atoms with Gasteiger partial charge in [-0.3, -0.25) is 4.90 Å². The molecule has 6 heteroatoms. The molecule has 0 radical (unpaired) electrons. The van der Waals surface area contributed by atoms with Crippen molar-refractivity contribution in [3.8, 4) is 11.5 Å². The van der Waals surface area contributed by atoms with Crippen molar-refractivity contribution < 1.29 is 9.47 Å². The summed E-state index contributed by atoms with van der Waals surface area (Å²) in [7, 11) is 0. The van der Waals surface area contributed by atoms with Crippen LogP contribution in [0.3, 0.4) is 0 Å². The van der Waals surface area contributed by atoms with Gasteiger partial charge in [-0.25, -0.2) is 9.97 Å². The molecule has 5 rings (SSSR count). The van der Waals surface area contributed by atoms with Gasteiger partial charge in [0, 0.05) is 43.5 Å². The molecule has 0 aliphatic carbocycles. The Morgan fingerprint density at radius 2 is 2.12 bits per heavy atom. The molecule has 4 heterocycles. The molecule has 0 bridgehead atoms. The standard InChI is InChI=1S/C20H24N4O2/c1-2-17(21-6-1)20-22-11-15-13-24(7-5-16(15)23-20)12-14-3-4-18-19(10-14)26-9-8-25-18/h3-4,10-11,17,21H,1-2,5-9,12-13H2/t17-/m0/s1. The highest BCUT2D eigenvalue weighted by Gasteiger charge is 2.23. The van der Waals surface area contributed by atoms with E-state index in [1.807, 2.05) is 12.3 Å². The normalized spacial score (nSPS) is 22.2. The summed E-state index contributed by atoms with van der Waals surface area (Å²) in [5.74, 6) is 2.69. The van der Waals surface area contributed by atoms with Crippen molar-refractivity contribution in [1.29, 1.82) is 0 Å². The van der Waals surface area contributed by atoms with Crippen LogP contribution in [0.25, 0.3) is 0 Å².